The largest absolute Gasteiger partial charge is 0.455 e. The third-order valence-electron chi connectivity index (χ3n) is 13.0. The van der Waals surface area contributed by atoms with Crippen molar-refractivity contribution in [1.82, 2.24) is 15.0 Å². The molecule has 6 nitrogen and oxygen atoms in total. The predicted octanol–water partition coefficient (Wildman–Crippen LogP) is 17.7. The minimum absolute atomic E-state index is 0.101. The summed E-state index contributed by atoms with van der Waals surface area (Å²) in [4.78, 5) is 25.6. The number of nitrogens with zero attached hydrogens (tertiary/aromatic N) is 5. The van der Waals surface area contributed by atoms with Crippen molar-refractivity contribution in [3.63, 3.8) is 0 Å². The highest BCUT2D eigenvalue weighted by Gasteiger charge is 2.27. The van der Waals surface area contributed by atoms with E-state index >= 15 is 0 Å². The van der Waals surface area contributed by atoms with Gasteiger partial charge in [0, 0.05) is 49.9 Å². The van der Waals surface area contributed by atoms with Gasteiger partial charge in [0.25, 0.3) is 0 Å². The van der Waals surface area contributed by atoms with Gasteiger partial charge in [-0.3, -0.25) is 4.99 Å². The average molecular weight is 942 g/mol. The Kier molecular flexibility index (Phi) is 14.1. The second-order valence-corrected chi connectivity index (χ2v) is 20.2. The Balaban J connectivity index is 0.00000316. The summed E-state index contributed by atoms with van der Waals surface area (Å²) in [5, 5.41) is 2.15. The number of furan rings is 1. The molecule has 10 aromatic rings. The molecule has 0 bridgehead atoms. The number of hydrogen-bond acceptors (Lipinski definition) is 5. The van der Waals surface area contributed by atoms with Gasteiger partial charge in [-0.1, -0.05) is 213 Å². The molecule has 0 aliphatic heterocycles. The van der Waals surface area contributed by atoms with Gasteiger partial charge in [0.1, 0.15) is 11.2 Å². The van der Waals surface area contributed by atoms with Gasteiger partial charge in [-0.25, -0.2) is 19.9 Å². The second-order valence-electron chi connectivity index (χ2n) is 20.2. The molecule has 10 rings (SSSR count). The highest BCUT2D eigenvalue weighted by atomic mass is 16.3. The lowest BCUT2D eigenvalue weighted by Gasteiger charge is -2.21. The van der Waals surface area contributed by atoms with Gasteiger partial charge in [0.05, 0.1) is 6.04 Å². The highest BCUT2D eigenvalue weighted by molar-refractivity contribution is 6.13. The Morgan fingerprint density at radius 2 is 0.833 bits per heavy atom. The van der Waals surface area contributed by atoms with Crippen molar-refractivity contribution >= 4 is 33.5 Å². The molecule has 0 radical (unpaired) electrons. The maximum absolute atomic E-state index is 7.12. The van der Waals surface area contributed by atoms with Crippen molar-refractivity contribution in [2.24, 2.45) is 9.98 Å². The Bertz CT molecular complexity index is 3500. The number of amidine groups is 1. The lowest BCUT2D eigenvalue weighted by atomic mass is 9.82. The first-order chi connectivity index (χ1) is 34.8. The predicted molar refractivity (Wildman–Crippen MR) is 303 cm³/mol. The Labute approximate surface area is 425 Å². The van der Waals surface area contributed by atoms with Gasteiger partial charge < -0.3 is 4.42 Å². The minimum Gasteiger partial charge on any atom is -0.455 e. The summed E-state index contributed by atoms with van der Waals surface area (Å²) < 4.78 is 7.12. The van der Waals surface area contributed by atoms with Crippen LogP contribution in [-0.4, -0.2) is 26.5 Å². The zero-order chi connectivity index (χ0) is 50.6. The van der Waals surface area contributed by atoms with Gasteiger partial charge in [-0.05, 0) is 94.5 Å². The van der Waals surface area contributed by atoms with Crippen LogP contribution in [0.1, 0.15) is 103 Å². The fourth-order valence-corrected chi connectivity index (χ4v) is 9.10. The summed E-state index contributed by atoms with van der Waals surface area (Å²) in [6, 6.07) is 67.3. The number of hydrogen-bond donors (Lipinski definition) is 0. The number of rotatable bonds is 9. The molecular weight excluding hydrogens is 879 g/mol. The molecule has 0 saturated carbocycles. The van der Waals surface area contributed by atoms with Gasteiger partial charge in [0.15, 0.2) is 23.3 Å². The number of aliphatic imine (C=N–C) groups is 2. The monoisotopic (exact) mass is 942 g/mol. The highest BCUT2D eigenvalue weighted by Crippen LogP contribution is 2.45. The average Bonchev–Trinajstić information content (AvgIpc) is 3.79. The van der Waals surface area contributed by atoms with E-state index in [4.69, 9.17) is 29.4 Å². The summed E-state index contributed by atoms with van der Waals surface area (Å²) in [5.41, 5.74) is 14.8. The van der Waals surface area contributed by atoms with Crippen molar-refractivity contribution < 1.29 is 4.42 Å². The lowest BCUT2D eigenvalue weighted by molar-refractivity contribution is 0.557. The fourth-order valence-electron chi connectivity index (χ4n) is 9.10. The summed E-state index contributed by atoms with van der Waals surface area (Å²) >= 11 is 0. The van der Waals surface area contributed by atoms with Crippen molar-refractivity contribution in [2.45, 2.75) is 86.1 Å². The maximum atomic E-state index is 7.12. The van der Waals surface area contributed by atoms with Crippen LogP contribution in [0.25, 0.3) is 78.4 Å². The molecule has 358 valence electrons. The van der Waals surface area contributed by atoms with E-state index in [0.717, 1.165) is 94.4 Å². The van der Waals surface area contributed by atoms with Crippen molar-refractivity contribution in [1.29, 1.82) is 0 Å². The van der Waals surface area contributed by atoms with Gasteiger partial charge in [-0.15, -0.1) is 0 Å². The third-order valence-corrected chi connectivity index (χ3v) is 13.0. The van der Waals surface area contributed by atoms with Crippen LogP contribution in [0.3, 0.4) is 0 Å². The second kappa shape index (κ2) is 20.7. The minimum atomic E-state index is -0.229. The standard InChI is InChI=1S/C64H57N5O.C2H6/c1-41(43-23-13-9-14-24-43)65-61(66-42(2)44-25-15-10-16-26-44)49-33-21-31-47(35-49)51-37-53-54-38-52(40-56(64(6,7)8)58(54)70-57(53)55(39-51)63(3,4)5)48-32-22-34-50(36-48)62-68-59(45-27-17-11-18-28-45)67-60(69-62)46-29-19-12-20-30-46;1-2/h9-41H,1-8H3;1-2H3. The molecule has 1 unspecified atom stereocenters. The van der Waals surface area contributed by atoms with E-state index in [9.17, 15) is 0 Å². The first-order valence-electron chi connectivity index (χ1n) is 25.1. The van der Waals surface area contributed by atoms with Crippen LogP contribution in [0.4, 0.5) is 0 Å². The van der Waals surface area contributed by atoms with Crippen LogP contribution in [-0.2, 0) is 10.8 Å². The number of fused-ring (bicyclic) bond motifs is 3. The molecule has 0 amide bonds. The maximum Gasteiger partial charge on any atom is 0.164 e. The smallest absolute Gasteiger partial charge is 0.164 e. The quantitative estimate of drug-likeness (QED) is 0.107. The van der Waals surface area contributed by atoms with Crippen molar-refractivity contribution in [3.05, 3.63) is 222 Å². The van der Waals surface area contributed by atoms with Gasteiger partial charge in [0.2, 0.25) is 0 Å². The topological polar surface area (TPSA) is 76.5 Å². The van der Waals surface area contributed by atoms with Crippen LogP contribution in [0.2, 0.25) is 0 Å². The molecule has 1 atom stereocenters. The first-order valence-corrected chi connectivity index (χ1v) is 25.1. The van der Waals surface area contributed by atoms with Crippen LogP contribution in [0, 0.1) is 0 Å². The van der Waals surface area contributed by atoms with E-state index in [1.54, 1.807) is 0 Å². The van der Waals surface area contributed by atoms with Crippen molar-refractivity contribution in [2.75, 3.05) is 0 Å². The molecule has 6 heteroatoms. The summed E-state index contributed by atoms with van der Waals surface area (Å²) in [5.74, 6) is 2.57. The lowest BCUT2D eigenvalue weighted by Crippen LogP contribution is -2.12. The fraction of sp³-hybridized carbons (Fsp3) is 0.197. The Morgan fingerprint density at radius 1 is 0.431 bits per heavy atom. The molecular formula is C66H63N5O. The van der Waals surface area contributed by atoms with Crippen LogP contribution < -0.4 is 0 Å². The normalized spacial score (nSPS) is 12.7. The number of benzene rings is 8. The molecule has 0 spiro atoms. The Hall–Kier alpha value is -8.09. The molecule has 2 aromatic heterocycles. The molecule has 0 N–H and O–H groups in total. The third kappa shape index (κ3) is 10.5. The van der Waals surface area contributed by atoms with Gasteiger partial charge in [-0.2, -0.15) is 0 Å². The van der Waals surface area contributed by atoms with E-state index in [1.807, 2.05) is 98.8 Å². The molecule has 0 saturated heterocycles. The molecule has 0 aliphatic rings. The molecule has 8 aromatic carbocycles. The van der Waals surface area contributed by atoms with Crippen LogP contribution in [0.5, 0.6) is 0 Å². The molecule has 2 heterocycles. The SMILES string of the molecule is CC.CC(=NC(=NC(C)c1ccccc1)c1cccc(-c2cc(C(C)(C)C)c3oc4c(C(C)(C)C)cc(-c5cccc(-c6nc(-c7ccccc7)nc(-c7ccccc7)n6)c5)cc4c3c2)c1)c1ccccc1. The van der Waals surface area contributed by atoms with E-state index in [2.05, 4.69) is 165 Å². The molecule has 72 heavy (non-hydrogen) atoms. The Morgan fingerprint density at radius 3 is 1.33 bits per heavy atom. The van der Waals surface area contributed by atoms with Crippen LogP contribution >= 0.6 is 0 Å². The van der Waals surface area contributed by atoms with E-state index in [-0.39, 0.29) is 16.9 Å². The zero-order valence-electron chi connectivity index (χ0n) is 43.2. The van der Waals surface area contributed by atoms with Gasteiger partial charge >= 0.3 is 0 Å². The van der Waals surface area contributed by atoms with Crippen LogP contribution in [0.15, 0.2) is 209 Å². The first kappa shape index (κ1) is 48.9. The van der Waals surface area contributed by atoms with Crippen molar-refractivity contribution in [3.8, 4) is 56.4 Å². The zero-order valence-corrected chi connectivity index (χ0v) is 43.2. The van der Waals surface area contributed by atoms with E-state index < -0.39 is 0 Å². The van der Waals surface area contributed by atoms with E-state index in [0.29, 0.717) is 23.3 Å². The summed E-state index contributed by atoms with van der Waals surface area (Å²) in [6.07, 6.45) is 0. The molecule has 0 fully saturated rings. The summed E-state index contributed by atoms with van der Waals surface area (Å²) in [6.45, 7) is 21.8. The van der Waals surface area contributed by atoms with E-state index in [1.165, 1.54) is 0 Å². The number of aromatic nitrogens is 3. The molecule has 0 aliphatic carbocycles. The summed E-state index contributed by atoms with van der Waals surface area (Å²) in [7, 11) is 0.